The Kier molecular flexibility index (Phi) is 6.46. The van der Waals surface area contributed by atoms with Crippen molar-refractivity contribution in [2.75, 3.05) is 33.4 Å². The second kappa shape index (κ2) is 8.59. The van der Waals surface area contributed by atoms with E-state index in [2.05, 4.69) is 17.1 Å². The van der Waals surface area contributed by atoms with E-state index in [1.165, 1.54) is 0 Å². The van der Waals surface area contributed by atoms with Crippen molar-refractivity contribution in [1.29, 1.82) is 0 Å². The Balaban J connectivity index is 1.88. The first-order valence-corrected chi connectivity index (χ1v) is 7.93. The molecule has 1 aliphatic rings. The van der Waals surface area contributed by atoms with Crippen molar-refractivity contribution in [2.24, 2.45) is 5.92 Å². The smallest absolute Gasteiger partial charge is 0.310 e. The van der Waals surface area contributed by atoms with E-state index in [0.717, 1.165) is 43.8 Å². The van der Waals surface area contributed by atoms with E-state index in [4.69, 9.17) is 9.47 Å². The van der Waals surface area contributed by atoms with Crippen molar-refractivity contribution in [3.63, 3.8) is 0 Å². The fraction of sp³-hybridized carbons (Fsp3) is 0.500. The standard InChI is InChI=1S/C18H25NO3/c1-3-22-18(20)16-10-7-13-19(14-16)12-6-9-15-8-4-5-11-17(15)21-2/h4-6,8-9,11,16H,3,7,10,12-14H2,1-2H3. The van der Waals surface area contributed by atoms with E-state index < -0.39 is 0 Å². The highest BCUT2D eigenvalue weighted by Crippen LogP contribution is 2.20. The molecule has 4 nitrogen and oxygen atoms in total. The lowest BCUT2D eigenvalue weighted by Crippen LogP contribution is -2.39. The number of rotatable bonds is 6. The molecule has 1 atom stereocenters. The number of hydrogen-bond donors (Lipinski definition) is 0. The number of hydrogen-bond acceptors (Lipinski definition) is 4. The summed E-state index contributed by atoms with van der Waals surface area (Å²) in [6.45, 7) is 4.98. The third-order valence-electron chi connectivity index (χ3n) is 3.93. The second-order valence-corrected chi connectivity index (χ2v) is 5.50. The van der Waals surface area contributed by atoms with Crippen molar-refractivity contribution in [1.82, 2.24) is 4.90 Å². The summed E-state index contributed by atoms with van der Waals surface area (Å²) >= 11 is 0. The van der Waals surface area contributed by atoms with Crippen LogP contribution >= 0.6 is 0 Å². The molecule has 0 amide bonds. The van der Waals surface area contributed by atoms with Gasteiger partial charge in [-0.3, -0.25) is 9.69 Å². The maximum absolute atomic E-state index is 11.8. The molecular formula is C18H25NO3. The zero-order valence-electron chi connectivity index (χ0n) is 13.5. The summed E-state index contributed by atoms with van der Waals surface area (Å²) in [5, 5.41) is 0. The van der Waals surface area contributed by atoms with Crippen molar-refractivity contribution >= 4 is 12.0 Å². The fourth-order valence-corrected chi connectivity index (χ4v) is 2.81. The topological polar surface area (TPSA) is 38.8 Å². The highest BCUT2D eigenvalue weighted by atomic mass is 16.5. The Morgan fingerprint density at radius 2 is 2.23 bits per heavy atom. The molecule has 0 radical (unpaired) electrons. The molecule has 4 heteroatoms. The lowest BCUT2D eigenvalue weighted by molar-refractivity contribution is -0.149. The molecule has 1 aromatic carbocycles. The maximum atomic E-state index is 11.8. The quantitative estimate of drug-likeness (QED) is 0.757. The van der Waals surface area contributed by atoms with E-state index >= 15 is 0 Å². The van der Waals surface area contributed by atoms with Crippen LogP contribution in [-0.2, 0) is 9.53 Å². The molecule has 0 N–H and O–H groups in total. The average molecular weight is 303 g/mol. The first-order valence-electron chi connectivity index (χ1n) is 7.93. The van der Waals surface area contributed by atoms with Crippen molar-refractivity contribution in [3.8, 4) is 5.75 Å². The Hall–Kier alpha value is -1.81. The number of likely N-dealkylation sites (tertiary alicyclic amines) is 1. The minimum Gasteiger partial charge on any atom is -0.496 e. The molecule has 2 rings (SSSR count). The van der Waals surface area contributed by atoms with Crippen LogP contribution in [0.15, 0.2) is 30.3 Å². The Labute approximate surface area is 132 Å². The summed E-state index contributed by atoms with van der Waals surface area (Å²) in [5.41, 5.74) is 1.07. The number of para-hydroxylation sites is 1. The molecule has 1 fully saturated rings. The van der Waals surface area contributed by atoms with Crippen LogP contribution in [0.2, 0.25) is 0 Å². The molecule has 1 aromatic rings. The summed E-state index contributed by atoms with van der Waals surface area (Å²) in [4.78, 5) is 14.1. The predicted octanol–water partition coefficient (Wildman–Crippen LogP) is 2.98. The highest BCUT2D eigenvalue weighted by Gasteiger charge is 2.26. The zero-order valence-corrected chi connectivity index (χ0v) is 13.5. The van der Waals surface area contributed by atoms with Gasteiger partial charge in [-0.05, 0) is 32.4 Å². The molecule has 0 bridgehead atoms. The van der Waals surface area contributed by atoms with E-state index in [1.807, 2.05) is 31.2 Å². The van der Waals surface area contributed by atoms with Crippen LogP contribution in [0, 0.1) is 5.92 Å². The Bertz CT molecular complexity index is 513. The molecule has 120 valence electrons. The van der Waals surface area contributed by atoms with Crippen LogP contribution in [0.25, 0.3) is 6.08 Å². The van der Waals surface area contributed by atoms with Gasteiger partial charge in [-0.15, -0.1) is 0 Å². The van der Waals surface area contributed by atoms with E-state index in [0.29, 0.717) is 6.61 Å². The fourth-order valence-electron chi connectivity index (χ4n) is 2.81. The van der Waals surface area contributed by atoms with Crippen molar-refractivity contribution in [2.45, 2.75) is 19.8 Å². The molecule has 0 aromatic heterocycles. The van der Waals surface area contributed by atoms with E-state index in [1.54, 1.807) is 7.11 Å². The summed E-state index contributed by atoms with van der Waals surface area (Å²) in [6.07, 6.45) is 6.19. The number of esters is 1. The largest absolute Gasteiger partial charge is 0.496 e. The van der Waals surface area contributed by atoms with Crippen LogP contribution in [0.5, 0.6) is 5.75 Å². The second-order valence-electron chi connectivity index (χ2n) is 5.50. The van der Waals surface area contributed by atoms with Gasteiger partial charge >= 0.3 is 5.97 Å². The van der Waals surface area contributed by atoms with Gasteiger partial charge in [0.05, 0.1) is 19.6 Å². The number of piperidine rings is 1. The molecule has 1 saturated heterocycles. The summed E-state index contributed by atoms with van der Waals surface area (Å²) < 4.78 is 10.5. The van der Waals surface area contributed by atoms with Gasteiger partial charge in [-0.1, -0.05) is 30.4 Å². The third-order valence-corrected chi connectivity index (χ3v) is 3.93. The van der Waals surface area contributed by atoms with Crippen LogP contribution in [-0.4, -0.2) is 44.2 Å². The van der Waals surface area contributed by atoms with Gasteiger partial charge in [-0.2, -0.15) is 0 Å². The number of ether oxygens (including phenoxy) is 2. The average Bonchev–Trinajstić information content (AvgIpc) is 2.56. The molecule has 22 heavy (non-hydrogen) atoms. The zero-order chi connectivity index (χ0) is 15.8. The van der Waals surface area contributed by atoms with Gasteiger partial charge in [0.2, 0.25) is 0 Å². The molecule has 1 aliphatic heterocycles. The third kappa shape index (κ3) is 4.60. The number of carbonyl (C=O) groups is 1. The number of benzene rings is 1. The van der Waals surface area contributed by atoms with Gasteiger partial charge in [0.1, 0.15) is 5.75 Å². The monoisotopic (exact) mass is 303 g/mol. The normalized spacial score (nSPS) is 19.3. The van der Waals surface area contributed by atoms with Gasteiger partial charge in [0, 0.05) is 18.7 Å². The summed E-state index contributed by atoms with van der Waals surface area (Å²) in [7, 11) is 1.68. The number of methoxy groups -OCH3 is 1. The first-order chi connectivity index (χ1) is 10.7. The first kappa shape index (κ1) is 16.6. The highest BCUT2D eigenvalue weighted by molar-refractivity contribution is 5.72. The minimum atomic E-state index is -0.0547. The van der Waals surface area contributed by atoms with Gasteiger partial charge in [-0.25, -0.2) is 0 Å². The summed E-state index contributed by atoms with van der Waals surface area (Å²) in [6, 6.07) is 7.95. The molecular weight excluding hydrogens is 278 g/mol. The Morgan fingerprint density at radius 3 is 3.00 bits per heavy atom. The van der Waals surface area contributed by atoms with Crippen molar-refractivity contribution < 1.29 is 14.3 Å². The number of carbonyl (C=O) groups excluding carboxylic acids is 1. The lowest BCUT2D eigenvalue weighted by Gasteiger charge is -2.30. The molecule has 1 heterocycles. The van der Waals surface area contributed by atoms with E-state index in [9.17, 15) is 4.79 Å². The van der Waals surface area contributed by atoms with Gasteiger partial charge in [0.25, 0.3) is 0 Å². The Morgan fingerprint density at radius 1 is 1.41 bits per heavy atom. The maximum Gasteiger partial charge on any atom is 0.310 e. The van der Waals surface area contributed by atoms with Crippen LogP contribution in [0.3, 0.4) is 0 Å². The predicted molar refractivity (Wildman–Crippen MR) is 87.8 cm³/mol. The number of nitrogens with zero attached hydrogens (tertiary/aromatic N) is 1. The van der Waals surface area contributed by atoms with Crippen LogP contribution < -0.4 is 4.74 Å². The SMILES string of the molecule is CCOC(=O)C1CCCN(CC=Cc2ccccc2OC)C1. The van der Waals surface area contributed by atoms with Crippen LogP contribution in [0.4, 0.5) is 0 Å². The molecule has 0 saturated carbocycles. The molecule has 0 aliphatic carbocycles. The van der Waals surface area contributed by atoms with E-state index in [-0.39, 0.29) is 11.9 Å². The lowest BCUT2D eigenvalue weighted by atomic mass is 9.98. The summed E-state index contributed by atoms with van der Waals surface area (Å²) in [5.74, 6) is 0.844. The molecule has 1 unspecified atom stereocenters. The van der Waals surface area contributed by atoms with Crippen LogP contribution in [0.1, 0.15) is 25.3 Å². The molecule has 0 spiro atoms. The van der Waals surface area contributed by atoms with Gasteiger partial charge < -0.3 is 9.47 Å². The van der Waals surface area contributed by atoms with Gasteiger partial charge in [0.15, 0.2) is 0 Å². The van der Waals surface area contributed by atoms with Crippen molar-refractivity contribution in [3.05, 3.63) is 35.9 Å². The minimum absolute atomic E-state index is 0.0216.